The van der Waals surface area contributed by atoms with Gasteiger partial charge < -0.3 is 4.74 Å². The van der Waals surface area contributed by atoms with E-state index < -0.39 is 0 Å². The highest BCUT2D eigenvalue weighted by atomic mass is 16.5. The zero-order valence-electron chi connectivity index (χ0n) is 12.8. The first-order valence-corrected chi connectivity index (χ1v) is 7.66. The maximum Gasteiger partial charge on any atom is 0.0716 e. The minimum absolute atomic E-state index is 0.266. The Bertz CT molecular complexity index is 458. The fraction of sp³-hybridized carbons (Fsp3) is 0.474. The maximum atomic E-state index is 5.73. The third kappa shape index (κ3) is 4.97. The van der Waals surface area contributed by atoms with Crippen LogP contribution in [0.15, 0.2) is 54.1 Å². The van der Waals surface area contributed by atoms with Crippen LogP contribution in [0, 0.1) is 5.41 Å². The quantitative estimate of drug-likeness (QED) is 0.483. The van der Waals surface area contributed by atoms with Gasteiger partial charge in [0.2, 0.25) is 0 Å². The fourth-order valence-electron chi connectivity index (χ4n) is 2.81. The lowest BCUT2D eigenvalue weighted by Crippen LogP contribution is -2.13. The first kappa shape index (κ1) is 15.1. The summed E-state index contributed by atoms with van der Waals surface area (Å²) < 4.78 is 5.73. The molecule has 0 bridgehead atoms. The molecule has 0 saturated carbocycles. The zero-order valence-corrected chi connectivity index (χ0v) is 12.8. The number of allylic oxidation sites excluding steroid dienone is 4. The van der Waals surface area contributed by atoms with Gasteiger partial charge in [0.15, 0.2) is 0 Å². The molecule has 0 spiro atoms. The number of ether oxygens (including phenoxy) is 1. The molecule has 0 aromatic heterocycles. The summed E-state index contributed by atoms with van der Waals surface area (Å²) >= 11 is 0. The summed E-state index contributed by atoms with van der Waals surface area (Å²) in [6, 6.07) is 10.4. The second-order valence-electron chi connectivity index (χ2n) is 6.10. The Labute approximate surface area is 123 Å². The lowest BCUT2D eigenvalue weighted by atomic mass is 9.79. The van der Waals surface area contributed by atoms with Gasteiger partial charge in [-0.15, -0.1) is 0 Å². The highest BCUT2D eigenvalue weighted by Crippen LogP contribution is 2.33. The van der Waals surface area contributed by atoms with Crippen molar-refractivity contribution in [2.24, 2.45) is 5.41 Å². The summed E-state index contributed by atoms with van der Waals surface area (Å²) in [7, 11) is 0. The Morgan fingerprint density at radius 1 is 1.15 bits per heavy atom. The van der Waals surface area contributed by atoms with Gasteiger partial charge in [0.25, 0.3) is 0 Å². The minimum atomic E-state index is 0.266. The highest BCUT2D eigenvalue weighted by molar-refractivity contribution is 5.21. The molecule has 1 atom stereocenters. The normalized spacial score (nSPS) is 21.8. The first-order valence-electron chi connectivity index (χ1n) is 7.66. The Balaban J connectivity index is 1.60. The van der Waals surface area contributed by atoms with Crippen LogP contribution in [0.3, 0.4) is 0 Å². The zero-order chi connectivity index (χ0) is 14.3. The second kappa shape index (κ2) is 7.44. The molecule has 0 amide bonds. The van der Waals surface area contributed by atoms with Gasteiger partial charge in [-0.3, -0.25) is 0 Å². The summed E-state index contributed by atoms with van der Waals surface area (Å²) in [5.41, 5.74) is 3.02. The number of hydrogen-bond acceptors (Lipinski definition) is 1. The molecule has 1 heteroatoms. The van der Waals surface area contributed by atoms with E-state index in [0.717, 1.165) is 26.1 Å². The van der Waals surface area contributed by atoms with Gasteiger partial charge in [0, 0.05) is 12.0 Å². The highest BCUT2D eigenvalue weighted by Gasteiger charge is 2.19. The molecule has 0 aliphatic heterocycles. The van der Waals surface area contributed by atoms with Crippen LogP contribution in [-0.4, -0.2) is 6.61 Å². The van der Waals surface area contributed by atoms with E-state index in [2.05, 4.69) is 56.3 Å². The second-order valence-corrected chi connectivity index (χ2v) is 6.10. The Hall–Kier alpha value is -1.34. The van der Waals surface area contributed by atoms with Crippen LogP contribution in [0.1, 0.15) is 45.1 Å². The van der Waals surface area contributed by atoms with Gasteiger partial charge in [0.1, 0.15) is 0 Å². The number of benzene rings is 1. The van der Waals surface area contributed by atoms with Crippen molar-refractivity contribution in [3.8, 4) is 0 Å². The average molecular weight is 270 g/mol. The van der Waals surface area contributed by atoms with Crippen LogP contribution in [-0.2, 0) is 11.3 Å². The van der Waals surface area contributed by atoms with E-state index in [9.17, 15) is 0 Å². The Kier molecular flexibility index (Phi) is 5.60. The van der Waals surface area contributed by atoms with Crippen LogP contribution in [0.5, 0.6) is 0 Å². The molecule has 1 aromatic carbocycles. The van der Waals surface area contributed by atoms with Gasteiger partial charge in [-0.1, -0.05) is 61.1 Å². The van der Waals surface area contributed by atoms with Crippen LogP contribution < -0.4 is 0 Å². The van der Waals surface area contributed by atoms with Crippen molar-refractivity contribution in [1.82, 2.24) is 0 Å². The lowest BCUT2D eigenvalue weighted by molar-refractivity contribution is 0.115. The van der Waals surface area contributed by atoms with Crippen molar-refractivity contribution in [3.05, 3.63) is 59.7 Å². The molecule has 2 rings (SSSR count). The summed E-state index contributed by atoms with van der Waals surface area (Å²) in [5, 5.41) is 0. The first-order chi connectivity index (χ1) is 9.68. The molecule has 1 unspecified atom stereocenters. The van der Waals surface area contributed by atoms with E-state index in [1.165, 1.54) is 24.0 Å². The molecule has 0 saturated heterocycles. The standard InChI is InChI=1S/C19H26O/c1-17-9-8-13-19(2,15-17)12-6-7-14-20-16-18-10-4-3-5-11-18/h3-5,8,10-11,13,15H,6-7,9,12,14,16H2,1-2H3. The number of hydrogen-bond donors (Lipinski definition) is 0. The van der Waals surface area contributed by atoms with Crippen molar-refractivity contribution in [3.63, 3.8) is 0 Å². The van der Waals surface area contributed by atoms with Crippen molar-refractivity contribution < 1.29 is 4.74 Å². The predicted octanol–water partition coefficient (Wildman–Crippen LogP) is 5.29. The van der Waals surface area contributed by atoms with E-state index in [0.29, 0.717) is 0 Å². The molecule has 1 aliphatic carbocycles. The smallest absolute Gasteiger partial charge is 0.0716 e. The van der Waals surface area contributed by atoms with E-state index in [4.69, 9.17) is 4.74 Å². The Morgan fingerprint density at radius 2 is 1.95 bits per heavy atom. The van der Waals surface area contributed by atoms with Gasteiger partial charge in [-0.25, -0.2) is 0 Å². The molecule has 108 valence electrons. The molecule has 0 fully saturated rings. The van der Waals surface area contributed by atoms with Crippen molar-refractivity contribution in [2.75, 3.05) is 6.61 Å². The Morgan fingerprint density at radius 3 is 2.70 bits per heavy atom. The molecule has 1 nitrogen and oxygen atoms in total. The van der Waals surface area contributed by atoms with Crippen molar-refractivity contribution >= 4 is 0 Å². The van der Waals surface area contributed by atoms with E-state index in [-0.39, 0.29) is 5.41 Å². The topological polar surface area (TPSA) is 9.23 Å². The largest absolute Gasteiger partial charge is 0.377 e. The summed E-state index contributed by atoms with van der Waals surface area (Å²) in [6.45, 7) is 6.15. The van der Waals surface area contributed by atoms with Crippen LogP contribution in [0.4, 0.5) is 0 Å². The summed E-state index contributed by atoms with van der Waals surface area (Å²) in [4.78, 5) is 0. The van der Waals surface area contributed by atoms with Gasteiger partial charge in [0.05, 0.1) is 6.61 Å². The molecule has 1 aromatic rings. The van der Waals surface area contributed by atoms with Crippen molar-refractivity contribution in [2.45, 2.75) is 46.1 Å². The molecule has 20 heavy (non-hydrogen) atoms. The van der Waals surface area contributed by atoms with Gasteiger partial charge >= 0.3 is 0 Å². The predicted molar refractivity (Wildman–Crippen MR) is 85.6 cm³/mol. The van der Waals surface area contributed by atoms with Gasteiger partial charge in [-0.05, 0) is 38.2 Å². The SMILES string of the molecule is CC1=CC(C)(CCCCOCc2ccccc2)C=CC1. The minimum Gasteiger partial charge on any atom is -0.377 e. The van der Waals surface area contributed by atoms with Crippen molar-refractivity contribution in [1.29, 1.82) is 0 Å². The molecule has 0 heterocycles. The fourth-order valence-corrected chi connectivity index (χ4v) is 2.81. The summed E-state index contributed by atoms with van der Waals surface area (Å²) in [5.74, 6) is 0. The van der Waals surface area contributed by atoms with Crippen LogP contribution >= 0.6 is 0 Å². The molecule has 1 aliphatic rings. The molecular weight excluding hydrogens is 244 g/mol. The molecular formula is C19H26O. The van der Waals surface area contributed by atoms with Crippen LogP contribution in [0.25, 0.3) is 0 Å². The number of rotatable bonds is 7. The van der Waals surface area contributed by atoms with E-state index in [1.54, 1.807) is 0 Å². The molecule has 0 radical (unpaired) electrons. The summed E-state index contributed by atoms with van der Waals surface area (Å²) in [6.07, 6.45) is 11.8. The monoisotopic (exact) mass is 270 g/mol. The van der Waals surface area contributed by atoms with Crippen LogP contribution in [0.2, 0.25) is 0 Å². The van der Waals surface area contributed by atoms with E-state index >= 15 is 0 Å². The van der Waals surface area contributed by atoms with E-state index in [1.807, 2.05) is 6.07 Å². The number of unbranched alkanes of at least 4 members (excludes halogenated alkanes) is 1. The maximum absolute atomic E-state index is 5.73. The molecule has 0 N–H and O–H groups in total. The third-order valence-electron chi connectivity index (χ3n) is 3.88. The lowest BCUT2D eigenvalue weighted by Gasteiger charge is -2.26. The van der Waals surface area contributed by atoms with Gasteiger partial charge in [-0.2, -0.15) is 0 Å². The third-order valence-corrected chi connectivity index (χ3v) is 3.88. The average Bonchev–Trinajstić information content (AvgIpc) is 2.43.